The van der Waals surface area contributed by atoms with Gasteiger partial charge in [-0.25, -0.2) is 14.5 Å². The Hall–Kier alpha value is -3.06. The number of ether oxygens (including phenoxy) is 3. The summed E-state index contributed by atoms with van der Waals surface area (Å²) in [6.45, 7) is 0.371. The average Bonchev–Trinajstić information content (AvgIpc) is 3.60. The van der Waals surface area contributed by atoms with E-state index in [1.54, 1.807) is 0 Å². The molecule has 14 heteroatoms. The quantitative estimate of drug-likeness (QED) is 0.388. The van der Waals surface area contributed by atoms with Gasteiger partial charge in [0.25, 0.3) is 5.91 Å². The first-order valence-electron chi connectivity index (χ1n) is 12.7. The third-order valence-electron chi connectivity index (χ3n) is 7.62. The molecule has 39 heavy (non-hydrogen) atoms. The molecule has 0 bridgehead atoms. The molecule has 1 aromatic rings. The van der Waals surface area contributed by atoms with E-state index in [9.17, 15) is 32.3 Å². The molecule has 0 spiro atoms. The van der Waals surface area contributed by atoms with Crippen LogP contribution in [-0.2, 0) is 43.1 Å². The van der Waals surface area contributed by atoms with Gasteiger partial charge in [-0.15, -0.1) is 0 Å². The van der Waals surface area contributed by atoms with Gasteiger partial charge in [0, 0.05) is 32.4 Å². The van der Waals surface area contributed by atoms with Crippen molar-refractivity contribution in [2.75, 3.05) is 19.9 Å². The van der Waals surface area contributed by atoms with E-state index < -0.39 is 47.1 Å². The average molecular weight is 574 g/mol. The van der Waals surface area contributed by atoms with Crippen molar-refractivity contribution in [1.29, 1.82) is 0 Å². The maximum Gasteiger partial charge on any atom is 0.510 e. The predicted octanol–water partition coefficient (Wildman–Crippen LogP) is 3.97. The number of hydrogen-bond donors (Lipinski definition) is 1. The highest BCUT2D eigenvalue weighted by atomic mass is 35.5. The topological polar surface area (TPSA) is 114 Å². The monoisotopic (exact) mass is 573 g/mol. The van der Waals surface area contributed by atoms with Crippen molar-refractivity contribution in [2.45, 2.75) is 69.4 Å². The van der Waals surface area contributed by atoms with Crippen LogP contribution in [0.5, 0.6) is 0 Å². The molecule has 3 heterocycles. The number of nitrogens with one attached hydrogen (secondary N) is 1. The van der Waals surface area contributed by atoms with Crippen molar-refractivity contribution in [1.82, 2.24) is 15.1 Å². The molecule has 1 saturated carbocycles. The third-order valence-corrected chi connectivity index (χ3v) is 7.93. The van der Waals surface area contributed by atoms with Crippen LogP contribution in [-0.4, -0.2) is 65.4 Å². The van der Waals surface area contributed by atoms with Gasteiger partial charge in [0.05, 0.1) is 23.8 Å². The Kier molecular flexibility index (Phi) is 7.40. The Labute approximate surface area is 226 Å². The molecule has 1 aromatic carbocycles. The third kappa shape index (κ3) is 5.65. The summed E-state index contributed by atoms with van der Waals surface area (Å²) in [6, 6.07) is 1.45. The van der Waals surface area contributed by atoms with Crippen LogP contribution in [0.15, 0.2) is 12.1 Å². The summed E-state index contributed by atoms with van der Waals surface area (Å²) in [4.78, 5) is 53.3. The van der Waals surface area contributed by atoms with Gasteiger partial charge in [-0.05, 0) is 48.4 Å². The molecule has 1 aliphatic carbocycles. The number of carbonyl (C=O) groups excluding carboxylic acids is 4. The number of carbonyl (C=O) groups is 4. The minimum atomic E-state index is -4.61. The number of nitrogens with zero attached hydrogens (tertiary/aromatic N) is 2. The molecule has 1 N–H and O–H groups in total. The molecule has 3 aliphatic heterocycles. The number of imide groups is 1. The van der Waals surface area contributed by atoms with Gasteiger partial charge >= 0.3 is 18.4 Å². The summed E-state index contributed by atoms with van der Waals surface area (Å²) < 4.78 is 55.1. The van der Waals surface area contributed by atoms with Crippen LogP contribution >= 0.6 is 11.6 Å². The van der Waals surface area contributed by atoms with E-state index in [2.05, 4.69) is 5.32 Å². The molecular weight excluding hydrogens is 547 g/mol. The first-order valence-corrected chi connectivity index (χ1v) is 13.1. The van der Waals surface area contributed by atoms with Crippen molar-refractivity contribution in [3.8, 4) is 0 Å². The maximum absolute atomic E-state index is 13.4. The Morgan fingerprint density at radius 3 is 2.41 bits per heavy atom. The summed E-state index contributed by atoms with van der Waals surface area (Å²) in [7, 11) is 0. The zero-order valence-electron chi connectivity index (χ0n) is 20.9. The summed E-state index contributed by atoms with van der Waals surface area (Å²) in [5.74, 6) is -1.13. The first kappa shape index (κ1) is 27.5. The van der Waals surface area contributed by atoms with Crippen molar-refractivity contribution in [3.05, 3.63) is 33.8 Å². The number of hydrogen-bond acceptors (Lipinski definition) is 7. The molecule has 3 fully saturated rings. The van der Waals surface area contributed by atoms with Gasteiger partial charge in [0.1, 0.15) is 11.6 Å². The number of alkyl halides is 3. The minimum absolute atomic E-state index is 0.00545. The SMILES string of the molecule is O=C(OCN1C(=O)N[C@](CCC(=O)N2Cc3cc(Cl)c(C(F)(F)F)cc3C2)(C2CC2)C1=O)OC1CCOCC1. The lowest BCUT2D eigenvalue weighted by atomic mass is 9.87. The number of halogens is 4. The molecule has 1 atom stereocenters. The zero-order valence-corrected chi connectivity index (χ0v) is 21.6. The van der Waals surface area contributed by atoms with Crippen LogP contribution in [0.1, 0.15) is 55.2 Å². The van der Waals surface area contributed by atoms with Crippen LogP contribution in [0.4, 0.5) is 22.8 Å². The lowest BCUT2D eigenvalue weighted by Crippen LogP contribution is -2.50. The standard InChI is InChI=1S/C25H27ClF3N3O7/c26-19-10-15-12-31(11-14(15)9-18(19)25(27,28)29)20(33)3-6-24(16-1-2-16)21(34)32(22(35)30-24)13-38-23(36)39-17-4-7-37-8-5-17/h9-10,16-17H,1-8,11-13H2,(H,30,35)/t24-/m1/s1. The molecule has 0 aromatic heterocycles. The minimum Gasteiger partial charge on any atom is -0.431 e. The lowest BCUT2D eigenvalue weighted by Gasteiger charge is -2.27. The second kappa shape index (κ2) is 10.5. The summed E-state index contributed by atoms with van der Waals surface area (Å²) in [5, 5.41) is 2.28. The highest BCUT2D eigenvalue weighted by Gasteiger charge is 2.59. The van der Waals surface area contributed by atoms with E-state index >= 15 is 0 Å². The largest absolute Gasteiger partial charge is 0.510 e. The fourth-order valence-corrected chi connectivity index (χ4v) is 5.64. The van der Waals surface area contributed by atoms with E-state index in [0.29, 0.717) is 50.0 Å². The normalized spacial score (nSPS) is 23.6. The summed E-state index contributed by atoms with van der Waals surface area (Å²) in [5.41, 5.74) is -1.39. The number of benzene rings is 1. The van der Waals surface area contributed by atoms with E-state index in [4.69, 9.17) is 25.8 Å². The summed E-state index contributed by atoms with van der Waals surface area (Å²) in [6.07, 6.45) is -3.68. The van der Waals surface area contributed by atoms with Gasteiger partial charge in [0.15, 0.2) is 6.73 Å². The number of fused-ring (bicyclic) bond motifs is 1. The maximum atomic E-state index is 13.4. The van der Waals surface area contributed by atoms with Gasteiger partial charge in [0.2, 0.25) is 5.91 Å². The van der Waals surface area contributed by atoms with Crippen LogP contribution in [0, 0.1) is 5.92 Å². The van der Waals surface area contributed by atoms with Gasteiger partial charge in [-0.2, -0.15) is 13.2 Å². The lowest BCUT2D eigenvalue weighted by molar-refractivity contribution is -0.138. The molecular formula is C25H27ClF3N3O7. The highest BCUT2D eigenvalue weighted by molar-refractivity contribution is 6.31. The highest BCUT2D eigenvalue weighted by Crippen LogP contribution is 2.46. The Bertz CT molecular complexity index is 1190. The van der Waals surface area contributed by atoms with Crippen molar-refractivity contribution >= 4 is 35.6 Å². The number of amides is 4. The Morgan fingerprint density at radius 1 is 1.10 bits per heavy atom. The molecule has 10 nitrogen and oxygen atoms in total. The number of urea groups is 1. The molecule has 2 saturated heterocycles. The van der Waals surface area contributed by atoms with Crippen LogP contribution < -0.4 is 5.32 Å². The van der Waals surface area contributed by atoms with E-state index in [1.807, 2.05) is 0 Å². The second-order valence-electron chi connectivity index (χ2n) is 10.2. The van der Waals surface area contributed by atoms with Crippen molar-refractivity contribution in [2.24, 2.45) is 5.92 Å². The van der Waals surface area contributed by atoms with Gasteiger partial charge in [-0.3, -0.25) is 9.59 Å². The van der Waals surface area contributed by atoms with Crippen molar-refractivity contribution in [3.63, 3.8) is 0 Å². The van der Waals surface area contributed by atoms with Gasteiger partial charge < -0.3 is 24.4 Å². The van der Waals surface area contributed by atoms with Gasteiger partial charge in [-0.1, -0.05) is 11.6 Å². The van der Waals surface area contributed by atoms with E-state index in [-0.39, 0.29) is 43.9 Å². The second-order valence-corrected chi connectivity index (χ2v) is 10.6. The smallest absolute Gasteiger partial charge is 0.431 e. The fourth-order valence-electron chi connectivity index (χ4n) is 5.35. The fraction of sp³-hybridized carbons (Fsp3) is 0.600. The number of rotatable bonds is 7. The van der Waals surface area contributed by atoms with E-state index in [0.717, 1.165) is 11.0 Å². The van der Waals surface area contributed by atoms with Crippen LogP contribution in [0.25, 0.3) is 0 Å². The molecule has 212 valence electrons. The van der Waals surface area contributed by atoms with E-state index in [1.165, 1.54) is 11.0 Å². The Morgan fingerprint density at radius 2 is 1.77 bits per heavy atom. The molecule has 4 amide bonds. The van der Waals surface area contributed by atoms with Crippen molar-refractivity contribution < 1.29 is 46.6 Å². The van der Waals surface area contributed by atoms with Crippen LogP contribution in [0.3, 0.4) is 0 Å². The van der Waals surface area contributed by atoms with Crippen LogP contribution in [0.2, 0.25) is 5.02 Å². The molecule has 0 unspecified atom stereocenters. The molecule has 4 aliphatic rings. The Balaban J connectivity index is 1.19. The molecule has 5 rings (SSSR count). The first-order chi connectivity index (χ1) is 18.5. The zero-order chi connectivity index (χ0) is 27.9. The predicted molar refractivity (Wildman–Crippen MR) is 127 cm³/mol. The summed E-state index contributed by atoms with van der Waals surface area (Å²) >= 11 is 5.81. The molecule has 0 radical (unpaired) electrons.